The fourth-order valence-electron chi connectivity index (χ4n) is 2.88. The van der Waals surface area contributed by atoms with E-state index in [9.17, 15) is 13.6 Å². The Hall–Kier alpha value is -1.72. The second-order valence-corrected chi connectivity index (χ2v) is 5.64. The lowest BCUT2D eigenvalue weighted by atomic mass is 9.80. The number of hydrogen-bond donors (Lipinski definition) is 0. The summed E-state index contributed by atoms with van der Waals surface area (Å²) in [6.45, 7) is -0.742. The number of halogens is 2. The standard InChI is InChI=1S/C16H21F2NO3/c1-2-3-11-4-6-12(7-5-11)15(20)21-13-8-9-14(19-10-13)22-16(17)18/h8-12,16H,2-7H2,1H3. The van der Waals surface area contributed by atoms with Crippen molar-refractivity contribution in [3.05, 3.63) is 18.3 Å². The van der Waals surface area contributed by atoms with Gasteiger partial charge in [-0.3, -0.25) is 4.79 Å². The minimum atomic E-state index is -2.92. The number of carbonyl (C=O) groups excluding carboxylic acids is 1. The molecule has 0 aliphatic heterocycles. The summed E-state index contributed by atoms with van der Waals surface area (Å²) in [5.41, 5.74) is 0. The number of esters is 1. The van der Waals surface area contributed by atoms with E-state index < -0.39 is 6.61 Å². The normalized spacial score (nSPS) is 21.6. The van der Waals surface area contributed by atoms with Gasteiger partial charge >= 0.3 is 12.6 Å². The molecule has 0 spiro atoms. The minimum absolute atomic E-state index is 0.0786. The molecule has 4 nitrogen and oxygen atoms in total. The zero-order valence-corrected chi connectivity index (χ0v) is 12.6. The molecule has 6 heteroatoms. The number of carbonyl (C=O) groups is 1. The molecule has 2 rings (SSSR count). The summed E-state index contributed by atoms with van der Waals surface area (Å²) in [4.78, 5) is 15.8. The summed E-state index contributed by atoms with van der Waals surface area (Å²) in [5.74, 6) is 0.433. The predicted octanol–water partition coefficient (Wildman–Crippen LogP) is 4.19. The van der Waals surface area contributed by atoms with Crippen molar-refractivity contribution in [2.24, 2.45) is 11.8 Å². The predicted molar refractivity (Wildman–Crippen MR) is 76.9 cm³/mol. The van der Waals surface area contributed by atoms with Gasteiger partial charge in [-0.1, -0.05) is 19.8 Å². The highest BCUT2D eigenvalue weighted by Gasteiger charge is 2.27. The van der Waals surface area contributed by atoms with Crippen LogP contribution in [0.1, 0.15) is 45.4 Å². The molecule has 0 N–H and O–H groups in total. The van der Waals surface area contributed by atoms with E-state index in [0.717, 1.165) is 31.6 Å². The number of nitrogens with zero attached hydrogens (tertiary/aromatic N) is 1. The first-order chi connectivity index (χ1) is 10.6. The molecule has 1 heterocycles. The van der Waals surface area contributed by atoms with Crippen molar-refractivity contribution in [1.29, 1.82) is 0 Å². The van der Waals surface area contributed by atoms with Crippen LogP contribution in [0.4, 0.5) is 8.78 Å². The Bertz CT molecular complexity index is 471. The SMILES string of the molecule is CCCC1CCC(C(=O)Oc2ccc(OC(F)F)nc2)CC1. The van der Waals surface area contributed by atoms with Gasteiger partial charge in [-0.05, 0) is 37.7 Å². The summed E-state index contributed by atoms with van der Waals surface area (Å²) in [6, 6.07) is 2.66. The van der Waals surface area contributed by atoms with Gasteiger partial charge in [0.2, 0.25) is 5.88 Å². The molecule has 0 bridgehead atoms. The van der Waals surface area contributed by atoms with Gasteiger partial charge in [-0.2, -0.15) is 8.78 Å². The van der Waals surface area contributed by atoms with Gasteiger partial charge in [0.25, 0.3) is 0 Å². The summed E-state index contributed by atoms with van der Waals surface area (Å²) < 4.78 is 33.4. The Morgan fingerprint density at radius 3 is 2.59 bits per heavy atom. The average Bonchev–Trinajstić information content (AvgIpc) is 2.50. The molecule has 1 aromatic rings. The molecule has 1 saturated carbocycles. The smallest absolute Gasteiger partial charge is 0.388 e. The molecule has 0 amide bonds. The molecule has 122 valence electrons. The van der Waals surface area contributed by atoms with E-state index >= 15 is 0 Å². The van der Waals surface area contributed by atoms with E-state index in [4.69, 9.17) is 4.74 Å². The van der Waals surface area contributed by atoms with E-state index in [0.29, 0.717) is 0 Å². The molecule has 0 radical (unpaired) electrons. The Kier molecular flexibility index (Phi) is 6.10. The summed E-state index contributed by atoms with van der Waals surface area (Å²) in [5, 5.41) is 0. The van der Waals surface area contributed by atoms with E-state index in [1.165, 1.54) is 31.2 Å². The summed E-state index contributed by atoms with van der Waals surface area (Å²) in [7, 11) is 0. The van der Waals surface area contributed by atoms with Crippen molar-refractivity contribution in [2.75, 3.05) is 0 Å². The highest BCUT2D eigenvalue weighted by molar-refractivity contribution is 5.75. The Morgan fingerprint density at radius 1 is 1.32 bits per heavy atom. The van der Waals surface area contributed by atoms with Crippen molar-refractivity contribution in [1.82, 2.24) is 4.98 Å². The van der Waals surface area contributed by atoms with E-state index in [1.807, 2.05) is 0 Å². The van der Waals surface area contributed by atoms with Crippen molar-refractivity contribution in [3.63, 3.8) is 0 Å². The number of pyridine rings is 1. The van der Waals surface area contributed by atoms with Crippen molar-refractivity contribution in [3.8, 4) is 11.6 Å². The fraction of sp³-hybridized carbons (Fsp3) is 0.625. The lowest BCUT2D eigenvalue weighted by molar-refractivity contribution is -0.140. The second kappa shape index (κ2) is 8.06. The zero-order chi connectivity index (χ0) is 15.9. The van der Waals surface area contributed by atoms with Gasteiger partial charge in [0.05, 0.1) is 12.1 Å². The van der Waals surface area contributed by atoms with Gasteiger partial charge in [0.15, 0.2) is 0 Å². The Morgan fingerprint density at radius 2 is 2.05 bits per heavy atom. The molecule has 1 aromatic heterocycles. The number of alkyl halides is 2. The molecule has 0 saturated heterocycles. The third-order valence-electron chi connectivity index (χ3n) is 4.01. The van der Waals surface area contributed by atoms with Crippen LogP contribution in [-0.4, -0.2) is 17.6 Å². The molecule has 1 aliphatic rings. The van der Waals surface area contributed by atoms with Crippen molar-refractivity contribution >= 4 is 5.97 Å². The molecular weight excluding hydrogens is 292 g/mol. The first-order valence-corrected chi connectivity index (χ1v) is 7.71. The molecule has 22 heavy (non-hydrogen) atoms. The van der Waals surface area contributed by atoms with Crippen LogP contribution in [0.15, 0.2) is 18.3 Å². The van der Waals surface area contributed by atoms with E-state index in [2.05, 4.69) is 16.6 Å². The molecule has 0 unspecified atom stereocenters. The van der Waals surface area contributed by atoms with Crippen LogP contribution in [0.25, 0.3) is 0 Å². The van der Waals surface area contributed by atoms with Crippen LogP contribution >= 0.6 is 0 Å². The summed E-state index contributed by atoms with van der Waals surface area (Å²) >= 11 is 0. The topological polar surface area (TPSA) is 48.4 Å². The number of ether oxygens (including phenoxy) is 2. The van der Waals surface area contributed by atoms with Crippen LogP contribution < -0.4 is 9.47 Å². The lowest BCUT2D eigenvalue weighted by Gasteiger charge is -2.26. The highest BCUT2D eigenvalue weighted by Crippen LogP contribution is 2.32. The second-order valence-electron chi connectivity index (χ2n) is 5.64. The van der Waals surface area contributed by atoms with Gasteiger partial charge in [-0.15, -0.1) is 0 Å². The average molecular weight is 313 g/mol. The van der Waals surface area contributed by atoms with Gasteiger partial charge < -0.3 is 9.47 Å². The molecule has 0 atom stereocenters. The van der Waals surface area contributed by atoms with E-state index in [-0.39, 0.29) is 23.5 Å². The molecule has 1 aliphatic carbocycles. The van der Waals surface area contributed by atoms with E-state index in [1.54, 1.807) is 0 Å². The highest BCUT2D eigenvalue weighted by atomic mass is 19.3. The van der Waals surface area contributed by atoms with Crippen LogP contribution in [0, 0.1) is 11.8 Å². The largest absolute Gasteiger partial charge is 0.425 e. The number of rotatable bonds is 6. The maximum absolute atomic E-state index is 12.1. The van der Waals surface area contributed by atoms with Crippen LogP contribution in [-0.2, 0) is 4.79 Å². The number of hydrogen-bond acceptors (Lipinski definition) is 4. The van der Waals surface area contributed by atoms with Crippen molar-refractivity contribution in [2.45, 2.75) is 52.1 Å². The zero-order valence-electron chi connectivity index (χ0n) is 12.6. The fourth-order valence-corrected chi connectivity index (χ4v) is 2.88. The maximum Gasteiger partial charge on any atom is 0.388 e. The number of aromatic nitrogens is 1. The van der Waals surface area contributed by atoms with Gasteiger partial charge in [0, 0.05) is 6.07 Å². The first-order valence-electron chi connectivity index (χ1n) is 7.71. The third kappa shape index (κ3) is 4.93. The monoisotopic (exact) mass is 313 g/mol. The minimum Gasteiger partial charge on any atom is -0.425 e. The Labute approximate surface area is 128 Å². The van der Waals surface area contributed by atoms with Crippen LogP contribution in [0.3, 0.4) is 0 Å². The van der Waals surface area contributed by atoms with Gasteiger partial charge in [0.1, 0.15) is 5.75 Å². The lowest BCUT2D eigenvalue weighted by Crippen LogP contribution is -2.25. The molecular formula is C16H21F2NO3. The van der Waals surface area contributed by atoms with Crippen molar-refractivity contribution < 1.29 is 23.0 Å². The van der Waals surface area contributed by atoms with Crippen LogP contribution in [0.5, 0.6) is 11.6 Å². The van der Waals surface area contributed by atoms with Crippen LogP contribution in [0.2, 0.25) is 0 Å². The maximum atomic E-state index is 12.1. The first kappa shape index (κ1) is 16.6. The Balaban J connectivity index is 1.82. The molecule has 1 fully saturated rings. The third-order valence-corrected chi connectivity index (χ3v) is 4.01. The molecule has 0 aromatic carbocycles. The quantitative estimate of drug-likeness (QED) is 0.739. The van der Waals surface area contributed by atoms with Gasteiger partial charge in [-0.25, -0.2) is 4.98 Å². The summed E-state index contributed by atoms with van der Waals surface area (Å²) in [6.07, 6.45) is 7.45.